The average Bonchev–Trinajstić information content (AvgIpc) is 2.92. The fourth-order valence-corrected chi connectivity index (χ4v) is 3.98. The lowest BCUT2D eigenvalue weighted by Gasteiger charge is -2.17. The molecule has 0 spiro atoms. The first-order chi connectivity index (χ1) is 12.2. The number of amides is 1. The predicted molar refractivity (Wildman–Crippen MR) is 94.2 cm³/mol. The number of aliphatic hydroxyl groups is 1. The Balaban J connectivity index is 2.03. The fourth-order valence-electron chi connectivity index (χ4n) is 2.40. The molecule has 0 saturated carbocycles. The van der Waals surface area contributed by atoms with Gasteiger partial charge in [-0.25, -0.2) is 9.78 Å². The summed E-state index contributed by atoms with van der Waals surface area (Å²) >= 11 is 4.65. The summed E-state index contributed by atoms with van der Waals surface area (Å²) in [4.78, 5) is 15.2. The van der Waals surface area contributed by atoms with E-state index < -0.39 is 23.9 Å². The number of nitrogens with zero attached hydrogens (tertiary/aromatic N) is 1. The summed E-state index contributed by atoms with van der Waals surface area (Å²) in [7, 11) is 0. The highest BCUT2D eigenvalue weighted by Crippen LogP contribution is 2.29. The molecule has 1 heterocycles. The van der Waals surface area contributed by atoms with E-state index in [0.29, 0.717) is 24.1 Å². The lowest BCUT2D eigenvalue weighted by atomic mass is 10.0. The lowest BCUT2D eigenvalue weighted by Crippen LogP contribution is -2.35. The van der Waals surface area contributed by atoms with E-state index in [9.17, 15) is 18.0 Å². The van der Waals surface area contributed by atoms with Crippen LogP contribution in [0.3, 0.4) is 0 Å². The first-order valence-corrected chi connectivity index (χ1v) is 9.20. The van der Waals surface area contributed by atoms with Crippen molar-refractivity contribution in [3.05, 3.63) is 49.9 Å². The van der Waals surface area contributed by atoms with Gasteiger partial charge in [0.05, 0.1) is 26.7 Å². The summed E-state index contributed by atoms with van der Waals surface area (Å²) in [6, 6.07) is 4.20. The van der Waals surface area contributed by atoms with Gasteiger partial charge < -0.3 is 15.5 Å². The number of benzene rings is 1. The molecule has 0 saturated heterocycles. The number of aryl methyl sites for hydroxylation is 1. The number of hydrogen-bond acceptors (Lipinski definition) is 4. The molecule has 2 rings (SSSR count). The quantitative estimate of drug-likeness (QED) is 0.586. The van der Waals surface area contributed by atoms with Crippen molar-refractivity contribution in [2.45, 2.75) is 38.1 Å². The number of carboxylic acid groups (broad SMARTS) is 1. The van der Waals surface area contributed by atoms with E-state index in [0.717, 1.165) is 20.9 Å². The number of alkyl halides is 3. The molecular formula is C16H16BrF3N2O3S. The van der Waals surface area contributed by atoms with Crippen molar-refractivity contribution in [2.24, 2.45) is 0 Å². The molecular weight excluding hydrogens is 437 g/mol. The van der Waals surface area contributed by atoms with Crippen LogP contribution < -0.4 is 5.32 Å². The zero-order chi connectivity index (χ0) is 19.3. The molecule has 0 aliphatic rings. The number of hydrogen-bond donors (Lipinski definition) is 3. The third-order valence-corrected chi connectivity index (χ3v) is 5.53. The Kier molecular flexibility index (Phi) is 7.01. The Hall–Kier alpha value is -1.65. The highest BCUT2D eigenvalue weighted by Gasteiger charge is 2.30. The Morgan fingerprint density at radius 2 is 1.96 bits per heavy atom. The standard InChI is InChI=1S/C16H16BrF3N2O3S/c17-14-12(8-23)22-13(26-14)6-5-11(21-15(24)25)7-9-1-3-10(4-2-9)16(18,19)20/h1-4,11,21,23H,5-8H2,(H,24,25). The minimum Gasteiger partial charge on any atom is -0.465 e. The monoisotopic (exact) mass is 452 g/mol. The van der Waals surface area contributed by atoms with Crippen LogP contribution in [0.2, 0.25) is 0 Å². The normalized spacial score (nSPS) is 12.8. The van der Waals surface area contributed by atoms with Gasteiger partial charge >= 0.3 is 12.3 Å². The summed E-state index contributed by atoms with van der Waals surface area (Å²) in [6.45, 7) is -0.195. The largest absolute Gasteiger partial charge is 0.465 e. The molecule has 0 radical (unpaired) electrons. The van der Waals surface area contributed by atoms with Crippen molar-refractivity contribution in [2.75, 3.05) is 0 Å². The minimum absolute atomic E-state index is 0.195. The molecule has 1 aromatic carbocycles. The van der Waals surface area contributed by atoms with Crippen LogP contribution in [0.5, 0.6) is 0 Å². The molecule has 1 aromatic heterocycles. The van der Waals surface area contributed by atoms with Gasteiger partial charge in [0.25, 0.3) is 0 Å². The molecule has 26 heavy (non-hydrogen) atoms. The summed E-state index contributed by atoms with van der Waals surface area (Å²) in [5.41, 5.74) is 0.386. The number of thiazole rings is 1. The van der Waals surface area contributed by atoms with E-state index in [2.05, 4.69) is 26.2 Å². The number of aromatic nitrogens is 1. The van der Waals surface area contributed by atoms with E-state index in [4.69, 9.17) is 10.2 Å². The van der Waals surface area contributed by atoms with Gasteiger partial charge in [0.1, 0.15) is 0 Å². The number of rotatable bonds is 7. The van der Waals surface area contributed by atoms with E-state index in [1.165, 1.54) is 23.5 Å². The van der Waals surface area contributed by atoms with Crippen LogP contribution in [0.25, 0.3) is 0 Å². The number of carbonyl (C=O) groups is 1. The molecule has 142 valence electrons. The van der Waals surface area contributed by atoms with Crippen molar-refractivity contribution >= 4 is 33.4 Å². The SMILES string of the molecule is O=C(O)NC(CCc1nc(CO)c(Br)s1)Cc1ccc(C(F)(F)F)cc1. The van der Waals surface area contributed by atoms with Gasteiger partial charge in [-0.05, 0) is 46.5 Å². The van der Waals surface area contributed by atoms with Gasteiger partial charge in [-0.15, -0.1) is 11.3 Å². The van der Waals surface area contributed by atoms with Gasteiger partial charge in [-0.3, -0.25) is 0 Å². The predicted octanol–water partition coefficient (Wildman–Crippen LogP) is 4.23. The van der Waals surface area contributed by atoms with Crippen LogP contribution in [0, 0.1) is 0 Å². The van der Waals surface area contributed by atoms with Gasteiger partial charge in [0, 0.05) is 12.5 Å². The summed E-state index contributed by atoms with van der Waals surface area (Å²) < 4.78 is 38.5. The summed E-state index contributed by atoms with van der Waals surface area (Å²) in [5, 5.41) is 21.3. The first kappa shape index (κ1) is 20.7. The van der Waals surface area contributed by atoms with E-state index in [1.807, 2.05) is 0 Å². The fraction of sp³-hybridized carbons (Fsp3) is 0.375. The van der Waals surface area contributed by atoms with Crippen LogP contribution in [-0.4, -0.2) is 27.3 Å². The second-order valence-corrected chi connectivity index (χ2v) is 7.97. The van der Waals surface area contributed by atoms with Gasteiger partial charge in [-0.1, -0.05) is 12.1 Å². The smallest absolute Gasteiger partial charge is 0.416 e. The third kappa shape index (κ3) is 5.96. The van der Waals surface area contributed by atoms with Crippen LogP contribution in [0.4, 0.5) is 18.0 Å². The van der Waals surface area contributed by atoms with Gasteiger partial charge in [0.2, 0.25) is 0 Å². The van der Waals surface area contributed by atoms with Crippen molar-refractivity contribution in [1.29, 1.82) is 0 Å². The summed E-state index contributed by atoms with van der Waals surface area (Å²) in [5.74, 6) is 0. The van der Waals surface area contributed by atoms with Crippen LogP contribution in [-0.2, 0) is 25.6 Å². The molecule has 0 aliphatic heterocycles. The van der Waals surface area contributed by atoms with E-state index >= 15 is 0 Å². The molecule has 1 atom stereocenters. The molecule has 0 aliphatic carbocycles. The maximum atomic E-state index is 12.6. The molecule has 1 unspecified atom stereocenters. The van der Waals surface area contributed by atoms with Crippen molar-refractivity contribution < 1.29 is 28.2 Å². The average molecular weight is 453 g/mol. The Morgan fingerprint density at radius 1 is 1.31 bits per heavy atom. The second kappa shape index (κ2) is 8.83. The van der Waals surface area contributed by atoms with E-state index in [-0.39, 0.29) is 13.0 Å². The summed E-state index contributed by atoms with van der Waals surface area (Å²) in [6.07, 6.45) is -4.42. The van der Waals surface area contributed by atoms with Crippen molar-refractivity contribution in [1.82, 2.24) is 10.3 Å². The Labute approximate surface area is 160 Å². The van der Waals surface area contributed by atoms with Crippen LogP contribution in [0.15, 0.2) is 28.1 Å². The molecule has 1 amide bonds. The van der Waals surface area contributed by atoms with E-state index in [1.54, 1.807) is 0 Å². The molecule has 3 N–H and O–H groups in total. The molecule has 10 heteroatoms. The minimum atomic E-state index is -4.40. The van der Waals surface area contributed by atoms with Gasteiger partial charge in [0.15, 0.2) is 0 Å². The molecule has 2 aromatic rings. The second-order valence-electron chi connectivity index (χ2n) is 5.57. The highest BCUT2D eigenvalue weighted by atomic mass is 79.9. The molecule has 0 bridgehead atoms. The van der Waals surface area contributed by atoms with Crippen molar-refractivity contribution in [3.8, 4) is 0 Å². The number of nitrogens with one attached hydrogen (secondary N) is 1. The highest BCUT2D eigenvalue weighted by molar-refractivity contribution is 9.11. The lowest BCUT2D eigenvalue weighted by molar-refractivity contribution is -0.137. The Bertz CT molecular complexity index is 750. The van der Waals surface area contributed by atoms with Crippen LogP contribution in [0.1, 0.15) is 28.2 Å². The number of halogens is 4. The number of aliphatic hydroxyl groups excluding tert-OH is 1. The maximum Gasteiger partial charge on any atom is 0.416 e. The van der Waals surface area contributed by atoms with Gasteiger partial charge in [-0.2, -0.15) is 13.2 Å². The molecule has 0 fully saturated rings. The molecule has 5 nitrogen and oxygen atoms in total. The zero-order valence-electron chi connectivity index (χ0n) is 13.4. The topological polar surface area (TPSA) is 82.5 Å². The van der Waals surface area contributed by atoms with Crippen molar-refractivity contribution in [3.63, 3.8) is 0 Å². The first-order valence-electron chi connectivity index (χ1n) is 7.59. The zero-order valence-corrected chi connectivity index (χ0v) is 15.8. The third-order valence-electron chi connectivity index (χ3n) is 3.64. The Morgan fingerprint density at radius 3 is 2.46 bits per heavy atom. The maximum absolute atomic E-state index is 12.6. The van der Waals surface area contributed by atoms with Crippen LogP contribution >= 0.6 is 27.3 Å².